The molecule has 2 aromatic carbocycles. The molecule has 0 radical (unpaired) electrons. The SMILES string of the molecule is NC(CCC1CCOc2ccccc21)c1ccccc1. The van der Waals surface area contributed by atoms with Crippen molar-refractivity contribution < 1.29 is 4.74 Å². The smallest absolute Gasteiger partial charge is 0.122 e. The summed E-state index contributed by atoms with van der Waals surface area (Å²) in [4.78, 5) is 0. The standard InChI is InChI=1S/C18H21NO/c19-17(15-6-2-1-3-7-15)11-10-14-12-13-20-18-9-5-4-8-16(14)18/h1-9,14,17H,10-13,19H2. The first-order chi connectivity index (χ1) is 9.84. The fourth-order valence-electron chi connectivity index (χ4n) is 2.96. The van der Waals surface area contributed by atoms with E-state index in [2.05, 4.69) is 42.5 Å². The Hall–Kier alpha value is -1.80. The number of benzene rings is 2. The van der Waals surface area contributed by atoms with E-state index in [4.69, 9.17) is 10.5 Å². The maximum absolute atomic E-state index is 6.30. The summed E-state index contributed by atoms with van der Waals surface area (Å²) >= 11 is 0. The van der Waals surface area contributed by atoms with Gasteiger partial charge in [-0.15, -0.1) is 0 Å². The Morgan fingerprint density at radius 1 is 1.05 bits per heavy atom. The summed E-state index contributed by atoms with van der Waals surface area (Å²) in [6.07, 6.45) is 3.23. The fourth-order valence-corrected chi connectivity index (χ4v) is 2.96. The van der Waals surface area contributed by atoms with Gasteiger partial charge in [-0.2, -0.15) is 0 Å². The lowest BCUT2D eigenvalue weighted by atomic mass is 9.87. The van der Waals surface area contributed by atoms with Crippen LogP contribution in [-0.4, -0.2) is 6.61 Å². The summed E-state index contributed by atoms with van der Waals surface area (Å²) in [7, 11) is 0. The van der Waals surface area contributed by atoms with Crippen molar-refractivity contribution in [2.75, 3.05) is 6.61 Å². The molecule has 0 saturated carbocycles. The highest BCUT2D eigenvalue weighted by Crippen LogP contribution is 2.37. The highest BCUT2D eigenvalue weighted by molar-refractivity contribution is 5.37. The molecule has 2 unspecified atom stereocenters. The first-order valence-corrected chi connectivity index (χ1v) is 7.37. The van der Waals surface area contributed by atoms with Gasteiger partial charge in [-0.25, -0.2) is 0 Å². The maximum Gasteiger partial charge on any atom is 0.122 e. The van der Waals surface area contributed by atoms with Crippen molar-refractivity contribution in [1.82, 2.24) is 0 Å². The third-order valence-electron chi connectivity index (χ3n) is 4.14. The van der Waals surface area contributed by atoms with Gasteiger partial charge in [0.15, 0.2) is 0 Å². The van der Waals surface area contributed by atoms with Gasteiger partial charge in [0.05, 0.1) is 6.61 Å². The lowest BCUT2D eigenvalue weighted by Gasteiger charge is -2.26. The summed E-state index contributed by atoms with van der Waals surface area (Å²) in [5.41, 5.74) is 8.88. The summed E-state index contributed by atoms with van der Waals surface area (Å²) in [5, 5.41) is 0. The van der Waals surface area contributed by atoms with Crippen LogP contribution in [0.1, 0.15) is 42.3 Å². The van der Waals surface area contributed by atoms with E-state index in [-0.39, 0.29) is 6.04 Å². The molecule has 2 nitrogen and oxygen atoms in total. The van der Waals surface area contributed by atoms with Gasteiger partial charge in [-0.1, -0.05) is 48.5 Å². The molecule has 0 saturated heterocycles. The van der Waals surface area contributed by atoms with Crippen LogP contribution in [0.4, 0.5) is 0 Å². The van der Waals surface area contributed by atoms with Crippen molar-refractivity contribution in [3.8, 4) is 5.75 Å². The van der Waals surface area contributed by atoms with E-state index < -0.39 is 0 Å². The summed E-state index contributed by atoms with van der Waals surface area (Å²) in [5.74, 6) is 1.63. The topological polar surface area (TPSA) is 35.2 Å². The first kappa shape index (κ1) is 13.2. The number of ether oxygens (including phenoxy) is 1. The summed E-state index contributed by atoms with van der Waals surface area (Å²) in [6, 6.07) is 18.9. The van der Waals surface area contributed by atoms with E-state index in [1.165, 1.54) is 11.1 Å². The van der Waals surface area contributed by atoms with E-state index in [0.717, 1.165) is 31.6 Å². The molecule has 0 spiro atoms. The Balaban J connectivity index is 1.65. The highest BCUT2D eigenvalue weighted by atomic mass is 16.5. The van der Waals surface area contributed by atoms with Gasteiger partial charge in [0.25, 0.3) is 0 Å². The second-order valence-corrected chi connectivity index (χ2v) is 5.47. The predicted molar refractivity (Wildman–Crippen MR) is 81.9 cm³/mol. The molecule has 1 aliphatic rings. The van der Waals surface area contributed by atoms with Gasteiger partial charge in [-0.05, 0) is 42.4 Å². The van der Waals surface area contributed by atoms with Crippen molar-refractivity contribution in [2.45, 2.75) is 31.2 Å². The molecule has 104 valence electrons. The molecule has 0 aromatic heterocycles. The zero-order valence-electron chi connectivity index (χ0n) is 11.7. The molecule has 2 aromatic rings. The quantitative estimate of drug-likeness (QED) is 0.907. The Morgan fingerprint density at radius 3 is 2.65 bits per heavy atom. The van der Waals surface area contributed by atoms with Crippen molar-refractivity contribution in [3.63, 3.8) is 0 Å². The van der Waals surface area contributed by atoms with Gasteiger partial charge in [0.1, 0.15) is 5.75 Å². The van der Waals surface area contributed by atoms with Crippen molar-refractivity contribution in [3.05, 3.63) is 65.7 Å². The normalized spacial score (nSPS) is 18.9. The van der Waals surface area contributed by atoms with Crippen LogP contribution in [0.15, 0.2) is 54.6 Å². The van der Waals surface area contributed by atoms with E-state index in [1.807, 2.05) is 12.1 Å². The summed E-state index contributed by atoms with van der Waals surface area (Å²) in [6.45, 7) is 0.822. The van der Waals surface area contributed by atoms with Crippen molar-refractivity contribution in [2.24, 2.45) is 5.73 Å². The number of nitrogens with two attached hydrogens (primary N) is 1. The minimum atomic E-state index is 0.131. The molecule has 2 N–H and O–H groups in total. The predicted octanol–water partition coefficient (Wildman–Crippen LogP) is 4.03. The Bertz CT molecular complexity index is 552. The average molecular weight is 267 g/mol. The average Bonchev–Trinajstić information content (AvgIpc) is 2.53. The molecule has 1 heterocycles. The third-order valence-corrected chi connectivity index (χ3v) is 4.14. The van der Waals surface area contributed by atoms with E-state index in [9.17, 15) is 0 Å². The van der Waals surface area contributed by atoms with Crippen LogP contribution in [0, 0.1) is 0 Å². The number of hydrogen-bond acceptors (Lipinski definition) is 2. The van der Waals surface area contributed by atoms with Crippen LogP contribution >= 0.6 is 0 Å². The lowest BCUT2D eigenvalue weighted by molar-refractivity contribution is 0.260. The monoisotopic (exact) mass is 267 g/mol. The molecule has 0 aliphatic carbocycles. The first-order valence-electron chi connectivity index (χ1n) is 7.37. The number of hydrogen-bond donors (Lipinski definition) is 1. The molecular weight excluding hydrogens is 246 g/mol. The van der Waals surface area contributed by atoms with Gasteiger partial charge < -0.3 is 10.5 Å². The Kier molecular flexibility index (Phi) is 4.03. The number of fused-ring (bicyclic) bond motifs is 1. The Morgan fingerprint density at radius 2 is 1.80 bits per heavy atom. The minimum Gasteiger partial charge on any atom is -0.493 e. The molecule has 1 aliphatic heterocycles. The summed E-state index contributed by atoms with van der Waals surface area (Å²) < 4.78 is 5.71. The van der Waals surface area contributed by atoms with Crippen LogP contribution in [0.25, 0.3) is 0 Å². The molecule has 3 rings (SSSR count). The molecule has 2 atom stereocenters. The highest BCUT2D eigenvalue weighted by Gasteiger charge is 2.21. The third kappa shape index (κ3) is 2.86. The van der Waals surface area contributed by atoms with Gasteiger partial charge >= 0.3 is 0 Å². The van der Waals surface area contributed by atoms with Crippen LogP contribution < -0.4 is 10.5 Å². The molecule has 0 amide bonds. The lowest BCUT2D eigenvalue weighted by Crippen LogP contribution is -2.17. The fraction of sp³-hybridized carbons (Fsp3) is 0.333. The van der Waals surface area contributed by atoms with Crippen LogP contribution in [0.3, 0.4) is 0 Å². The largest absolute Gasteiger partial charge is 0.493 e. The second kappa shape index (κ2) is 6.10. The van der Waals surface area contributed by atoms with Gasteiger partial charge in [0.2, 0.25) is 0 Å². The van der Waals surface area contributed by atoms with Gasteiger partial charge in [-0.3, -0.25) is 0 Å². The number of rotatable bonds is 4. The maximum atomic E-state index is 6.30. The molecule has 0 fully saturated rings. The Labute approximate surface area is 120 Å². The van der Waals surface area contributed by atoms with Crippen molar-refractivity contribution in [1.29, 1.82) is 0 Å². The molecule has 20 heavy (non-hydrogen) atoms. The van der Waals surface area contributed by atoms with E-state index in [1.54, 1.807) is 0 Å². The van der Waals surface area contributed by atoms with Crippen LogP contribution in [0.2, 0.25) is 0 Å². The molecule has 0 bridgehead atoms. The molecule has 2 heteroatoms. The minimum absolute atomic E-state index is 0.131. The zero-order valence-corrected chi connectivity index (χ0v) is 11.7. The van der Waals surface area contributed by atoms with E-state index >= 15 is 0 Å². The van der Waals surface area contributed by atoms with E-state index in [0.29, 0.717) is 5.92 Å². The number of para-hydroxylation sites is 1. The van der Waals surface area contributed by atoms with Crippen LogP contribution in [0.5, 0.6) is 5.75 Å². The molecular formula is C18H21NO. The van der Waals surface area contributed by atoms with Crippen molar-refractivity contribution >= 4 is 0 Å². The van der Waals surface area contributed by atoms with Gasteiger partial charge in [0, 0.05) is 6.04 Å². The second-order valence-electron chi connectivity index (χ2n) is 5.47. The zero-order chi connectivity index (χ0) is 13.8. The van der Waals surface area contributed by atoms with Crippen LogP contribution in [-0.2, 0) is 0 Å².